The lowest BCUT2D eigenvalue weighted by atomic mass is 10.3. The SMILES string of the molecule is C#CCNCC(=O)NCCCC. The minimum atomic E-state index is 0.0127. The molecule has 0 unspecified atom stereocenters. The summed E-state index contributed by atoms with van der Waals surface area (Å²) in [7, 11) is 0. The molecule has 3 heteroatoms. The highest BCUT2D eigenvalue weighted by molar-refractivity contribution is 5.77. The van der Waals surface area contributed by atoms with E-state index in [9.17, 15) is 4.79 Å². The fourth-order valence-electron chi connectivity index (χ4n) is 0.715. The van der Waals surface area contributed by atoms with Gasteiger partial charge < -0.3 is 5.32 Å². The molecule has 12 heavy (non-hydrogen) atoms. The Morgan fingerprint density at radius 2 is 2.33 bits per heavy atom. The molecule has 2 N–H and O–H groups in total. The van der Waals surface area contributed by atoms with Crippen molar-refractivity contribution in [3.8, 4) is 12.3 Å². The molecule has 0 saturated carbocycles. The molecule has 0 aromatic carbocycles. The minimum absolute atomic E-state index is 0.0127. The van der Waals surface area contributed by atoms with E-state index in [2.05, 4.69) is 23.5 Å². The molecular formula is C9H16N2O. The number of carbonyl (C=O) groups excluding carboxylic acids is 1. The highest BCUT2D eigenvalue weighted by atomic mass is 16.1. The van der Waals surface area contributed by atoms with E-state index in [1.807, 2.05) is 0 Å². The van der Waals surface area contributed by atoms with Gasteiger partial charge in [0.05, 0.1) is 13.1 Å². The summed E-state index contributed by atoms with van der Waals surface area (Å²) >= 11 is 0. The maximum atomic E-state index is 11.0. The van der Waals surface area contributed by atoms with Gasteiger partial charge in [-0.15, -0.1) is 6.42 Å². The summed E-state index contributed by atoms with van der Waals surface area (Å²) in [5, 5.41) is 5.59. The van der Waals surface area contributed by atoms with Crippen molar-refractivity contribution in [2.45, 2.75) is 19.8 Å². The standard InChI is InChI=1S/C9H16N2O/c1-3-5-7-11-9(12)8-10-6-4-2/h2,10H,3,5-8H2,1H3,(H,11,12). The summed E-state index contributed by atoms with van der Waals surface area (Å²) in [6.07, 6.45) is 7.12. The molecule has 0 aromatic rings. The van der Waals surface area contributed by atoms with Crippen LogP contribution in [0.3, 0.4) is 0 Å². The van der Waals surface area contributed by atoms with Crippen molar-refractivity contribution < 1.29 is 4.79 Å². The van der Waals surface area contributed by atoms with Crippen LogP contribution < -0.4 is 10.6 Å². The van der Waals surface area contributed by atoms with Crippen molar-refractivity contribution in [2.24, 2.45) is 0 Å². The summed E-state index contributed by atoms with van der Waals surface area (Å²) in [6.45, 7) is 3.60. The van der Waals surface area contributed by atoms with Crippen LogP contribution in [0.4, 0.5) is 0 Å². The number of hydrogen-bond donors (Lipinski definition) is 2. The van der Waals surface area contributed by atoms with Crippen molar-refractivity contribution in [2.75, 3.05) is 19.6 Å². The normalized spacial score (nSPS) is 9.00. The Balaban J connectivity index is 3.17. The average molecular weight is 168 g/mol. The molecular weight excluding hydrogens is 152 g/mol. The fourth-order valence-corrected chi connectivity index (χ4v) is 0.715. The molecule has 0 rings (SSSR count). The second kappa shape index (κ2) is 8.09. The van der Waals surface area contributed by atoms with Gasteiger partial charge in [-0.2, -0.15) is 0 Å². The molecule has 0 aliphatic rings. The van der Waals surface area contributed by atoms with E-state index in [0.29, 0.717) is 13.1 Å². The van der Waals surface area contributed by atoms with Gasteiger partial charge >= 0.3 is 0 Å². The van der Waals surface area contributed by atoms with Gasteiger partial charge in [0.25, 0.3) is 0 Å². The van der Waals surface area contributed by atoms with Crippen LogP contribution in [0.25, 0.3) is 0 Å². The summed E-state index contributed by atoms with van der Waals surface area (Å²) in [4.78, 5) is 11.0. The van der Waals surface area contributed by atoms with Gasteiger partial charge in [-0.25, -0.2) is 0 Å². The molecule has 0 aliphatic heterocycles. The number of unbranched alkanes of at least 4 members (excludes halogenated alkanes) is 1. The Bertz CT molecular complexity index is 160. The third kappa shape index (κ3) is 7.10. The van der Waals surface area contributed by atoms with Gasteiger partial charge in [0, 0.05) is 6.54 Å². The molecule has 0 spiro atoms. The molecule has 0 atom stereocenters. The Morgan fingerprint density at radius 1 is 1.58 bits per heavy atom. The van der Waals surface area contributed by atoms with E-state index in [0.717, 1.165) is 19.4 Å². The summed E-state index contributed by atoms with van der Waals surface area (Å²) in [5.41, 5.74) is 0. The van der Waals surface area contributed by atoms with E-state index >= 15 is 0 Å². The third-order valence-electron chi connectivity index (χ3n) is 1.37. The first-order valence-electron chi connectivity index (χ1n) is 4.22. The van der Waals surface area contributed by atoms with Crippen LogP contribution in [0.1, 0.15) is 19.8 Å². The summed E-state index contributed by atoms with van der Waals surface area (Å²) < 4.78 is 0. The van der Waals surface area contributed by atoms with E-state index < -0.39 is 0 Å². The predicted octanol–water partition coefficient (Wildman–Crippen LogP) is 0.125. The lowest BCUT2D eigenvalue weighted by Crippen LogP contribution is -2.34. The van der Waals surface area contributed by atoms with E-state index in [1.54, 1.807) is 0 Å². The topological polar surface area (TPSA) is 41.1 Å². The van der Waals surface area contributed by atoms with Gasteiger partial charge in [0.15, 0.2) is 0 Å². The third-order valence-corrected chi connectivity index (χ3v) is 1.37. The zero-order chi connectivity index (χ0) is 9.23. The smallest absolute Gasteiger partial charge is 0.233 e. The molecule has 0 radical (unpaired) electrons. The van der Waals surface area contributed by atoms with E-state index in [-0.39, 0.29) is 5.91 Å². The number of carbonyl (C=O) groups is 1. The van der Waals surface area contributed by atoms with Crippen LogP contribution >= 0.6 is 0 Å². The highest BCUT2D eigenvalue weighted by Gasteiger charge is 1.96. The first kappa shape index (κ1) is 11.0. The molecule has 68 valence electrons. The second-order valence-corrected chi connectivity index (χ2v) is 2.51. The van der Waals surface area contributed by atoms with Crippen LogP contribution in [0.15, 0.2) is 0 Å². The Kier molecular flexibility index (Phi) is 7.41. The predicted molar refractivity (Wildman–Crippen MR) is 49.6 cm³/mol. The number of hydrogen-bond acceptors (Lipinski definition) is 2. The van der Waals surface area contributed by atoms with Gasteiger partial charge in [-0.1, -0.05) is 19.3 Å². The highest BCUT2D eigenvalue weighted by Crippen LogP contribution is 1.81. The van der Waals surface area contributed by atoms with Crippen LogP contribution in [0, 0.1) is 12.3 Å². The van der Waals surface area contributed by atoms with Crippen molar-refractivity contribution in [1.82, 2.24) is 10.6 Å². The quantitative estimate of drug-likeness (QED) is 0.437. The Labute approximate surface area is 73.9 Å². The Hall–Kier alpha value is -1.01. The Morgan fingerprint density at radius 3 is 2.92 bits per heavy atom. The van der Waals surface area contributed by atoms with E-state index in [1.165, 1.54) is 0 Å². The molecule has 0 saturated heterocycles. The maximum Gasteiger partial charge on any atom is 0.233 e. The molecule has 0 heterocycles. The van der Waals surface area contributed by atoms with E-state index in [4.69, 9.17) is 6.42 Å². The van der Waals surface area contributed by atoms with Crippen LogP contribution in [0.2, 0.25) is 0 Å². The molecule has 0 aromatic heterocycles. The van der Waals surface area contributed by atoms with Crippen LogP contribution in [-0.2, 0) is 4.79 Å². The average Bonchev–Trinajstić information content (AvgIpc) is 2.06. The lowest BCUT2D eigenvalue weighted by molar-refractivity contribution is -0.120. The monoisotopic (exact) mass is 168 g/mol. The van der Waals surface area contributed by atoms with Crippen molar-refractivity contribution in [3.63, 3.8) is 0 Å². The van der Waals surface area contributed by atoms with Crippen molar-refractivity contribution in [1.29, 1.82) is 0 Å². The van der Waals surface area contributed by atoms with Crippen molar-refractivity contribution >= 4 is 5.91 Å². The number of terminal acetylenes is 1. The molecule has 0 aliphatic carbocycles. The van der Waals surface area contributed by atoms with Gasteiger partial charge in [0.1, 0.15) is 0 Å². The van der Waals surface area contributed by atoms with Gasteiger partial charge in [0.2, 0.25) is 5.91 Å². The molecule has 0 fully saturated rings. The number of amides is 1. The van der Waals surface area contributed by atoms with Gasteiger partial charge in [-0.05, 0) is 6.42 Å². The first-order valence-corrected chi connectivity index (χ1v) is 4.22. The number of rotatable bonds is 6. The molecule has 0 bridgehead atoms. The zero-order valence-corrected chi connectivity index (χ0v) is 7.52. The fraction of sp³-hybridized carbons (Fsp3) is 0.667. The van der Waals surface area contributed by atoms with Crippen LogP contribution in [0.5, 0.6) is 0 Å². The number of nitrogens with one attached hydrogen (secondary N) is 2. The van der Waals surface area contributed by atoms with Crippen LogP contribution in [-0.4, -0.2) is 25.5 Å². The van der Waals surface area contributed by atoms with Gasteiger partial charge in [-0.3, -0.25) is 10.1 Å². The summed E-state index contributed by atoms with van der Waals surface area (Å²) in [5.74, 6) is 2.41. The summed E-state index contributed by atoms with van der Waals surface area (Å²) in [6, 6.07) is 0. The largest absolute Gasteiger partial charge is 0.355 e. The maximum absolute atomic E-state index is 11.0. The molecule has 1 amide bonds. The van der Waals surface area contributed by atoms with Crippen molar-refractivity contribution in [3.05, 3.63) is 0 Å². The minimum Gasteiger partial charge on any atom is -0.355 e. The molecule has 3 nitrogen and oxygen atoms in total. The first-order chi connectivity index (χ1) is 5.81. The zero-order valence-electron chi connectivity index (χ0n) is 7.52. The lowest BCUT2D eigenvalue weighted by Gasteiger charge is -2.03. The second-order valence-electron chi connectivity index (χ2n) is 2.51.